The van der Waals surface area contributed by atoms with Crippen molar-refractivity contribution < 1.29 is 13.2 Å². The lowest BCUT2D eigenvalue weighted by atomic mass is 10.2. The van der Waals surface area contributed by atoms with Gasteiger partial charge < -0.3 is 0 Å². The van der Waals surface area contributed by atoms with Crippen LogP contribution >= 0.6 is 23.4 Å². The third kappa shape index (κ3) is 5.00. The second kappa shape index (κ2) is 6.88. The number of halogens is 4. The Hall–Kier alpha value is -1.64. The van der Waals surface area contributed by atoms with Crippen molar-refractivity contribution in [3.8, 4) is 11.8 Å². The van der Waals surface area contributed by atoms with Gasteiger partial charge in [-0.2, -0.15) is 13.2 Å². The maximum absolute atomic E-state index is 12.5. The van der Waals surface area contributed by atoms with Crippen LogP contribution in [0, 0.1) is 11.8 Å². The van der Waals surface area contributed by atoms with Crippen molar-refractivity contribution in [1.82, 2.24) is 4.98 Å². The zero-order valence-electron chi connectivity index (χ0n) is 10.6. The van der Waals surface area contributed by atoms with E-state index in [-0.39, 0.29) is 0 Å². The zero-order valence-corrected chi connectivity index (χ0v) is 12.2. The topological polar surface area (TPSA) is 12.9 Å². The number of aromatic nitrogens is 1. The smallest absolute Gasteiger partial charge is 0.252 e. The number of alkyl halides is 3. The van der Waals surface area contributed by atoms with E-state index in [1.165, 1.54) is 17.8 Å². The monoisotopic (exact) mass is 327 g/mol. The standard InChI is InChI=1S/C15H9ClF3NS/c16-12-5-3-11(4-6-12)2-1-9-21-13-7-8-20-14(10-13)15(17,18)19/h3-8,10H,9H2. The SMILES string of the molecule is FC(F)(F)c1cc(SCC#Cc2ccc(Cl)cc2)ccn1. The van der Waals surface area contributed by atoms with Crippen molar-refractivity contribution in [3.05, 3.63) is 58.9 Å². The highest BCUT2D eigenvalue weighted by Gasteiger charge is 2.32. The molecule has 0 saturated heterocycles. The summed E-state index contributed by atoms with van der Waals surface area (Å²) in [6, 6.07) is 9.59. The Balaban J connectivity index is 1.97. The van der Waals surface area contributed by atoms with E-state index in [1.807, 2.05) is 0 Å². The van der Waals surface area contributed by atoms with E-state index in [1.54, 1.807) is 24.3 Å². The average Bonchev–Trinajstić information content (AvgIpc) is 2.45. The molecule has 0 radical (unpaired) electrons. The van der Waals surface area contributed by atoms with Crippen molar-refractivity contribution in [2.45, 2.75) is 11.1 Å². The molecule has 0 spiro atoms. The highest BCUT2D eigenvalue weighted by molar-refractivity contribution is 7.99. The lowest BCUT2D eigenvalue weighted by Gasteiger charge is -2.06. The summed E-state index contributed by atoms with van der Waals surface area (Å²) in [6.45, 7) is 0. The molecule has 2 rings (SSSR count). The summed E-state index contributed by atoms with van der Waals surface area (Å²) in [5.74, 6) is 6.21. The van der Waals surface area contributed by atoms with E-state index in [4.69, 9.17) is 11.6 Å². The van der Waals surface area contributed by atoms with Gasteiger partial charge in [0.05, 0.1) is 5.75 Å². The number of pyridine rings is 1. The quantitative estimate of drug-likeness (QED) is 0.575. The maximum Gasteiger partial charge on any atom is 0.433 e. The van der Waals surface area contributed by atoms with Gasteiger partial charge in [0.25, 0.3) is 0 Å². The van der Waals surface area contributed by atoms with Crippen LogP contribution < -0.4 is 0 Å². The molecule has 0 aliphatic heterocycles. The second-order valence-electron chi connectivity index (χ2n) is 3.97. The Kier molecular flexibility index (Phi) is 5.16. The van der Waals surface area contributed by atoms with E-state index in [0.29, 0.717) is 15.7 Å². The fourth-order valence-corrected chi connectivity index (χ4v) is 2.24. The minimum atomic E-state index is -4.43. The molecule has 0 fully saturated rings. The molecule has 0 bridgehead atoms. The van der Waals surface area contributed by atoms with Crippen LogP contribution in [-0.2, 0) is 6.18 Å². The first-order valence-electron chi connectivity index (χ1n) is 5.85. The number of hydrogen-bond acceptors (Lipinski definition) is 2. The average molecular weight is 328 g/mol. The van der Waals surface area contributed by atoms with Gasteiger partial charge in [0.2, 0.25) is 0 Å². The molecule has 1 heterocycles. The van der Waals surface area contributed by atoms with Crippen LogP contribution in [0.2, 0.25) is 5.02 Å². The van der Waals surface area contributed by atoms with Crippen LogP contribution in [-0.4, -0.2) is 10.7 Å². The van der Waals surface area contributed by atoms with Gasteiger partial charge in [-0.15, -0.1) is 11.8 Å². The molecule has 0 aliphatic carbocycles. The summed E-state index contributed by atoms with van der Waals surface area (Å²) in [7, 11) is 0. The minimum Gasteiger partial charge on any atom is -0.252 e. The van der Waals surface area contributed by atoms with Crippen LogP contribution in [0.25, 0.3) is 0 Å². The lowest BCUT2D eigenvalue weighted by molar-refractivity contribution is -0.141. The number of rotatable bonds is 2. The number of benzene rings is 1. The number of nitrogens with zero attached hydrogens (tertiary/aromatic N) is 1. The highest BCUT2D eigenvalue weighted by atomic mass is 35.5. The van der Waals surface area contributed by atoms with Crippen molar-refractivity contribution in [3.63, 3.8) is 0 Å². The molecule has 0 atom stereocenters. The van der Waals surface area contributed by atoms with E-state index in [9.17, 15) is 13.2 Å². The summed E-state index contributed by atoms with van der Waals surface area (Å²) in [4.78, 5) is 3.80. The molecule has 0 saturated carbocycles. The van der Waals surface area contributed by atoms with E-state index in [2.05, 4.69) is 16.8 Å². The van der Waals surface area contributed by atoms with E-state index >= 15 is 0 Å². The number of thioether (sulfide) groups is 1. The van der Waals surface area contributed by atoms with Gasteiger partial charge in [0, 0.05) is 21.7 Å². The molecule has 1 aromatic heterocycles. The van der Waals surface area contributed by atoms with Gasteiger partial charge >= 0.3 is 6.18 Å². The van der Waals surface area contributed by atoms with Gasteiger partial charge in [0.15, 0.2) is 0 Å². The van der Waals surface area contributed by atoms with Gasteiger partial charge in [-0.05, 0) is 36.4 Å². The normalized spacial score (nSPS) is 10.9. The molecule has 108 valence electrons. The van der Waals surface area contributed by atoms with Crippen LogP contribution in [0.4, 0.5) is 13.2 Å². The molecule has 1 nitrogen and oxygen atoms in total. The van der Waals surface area contributed by atoms with E-state index < -0.39 is 11.9 Å². The van der Waals surface area contributed by atoms with Gasteiger partial charge in [0.1, 0.15) is 5.69 Å². The predicted molar refractivity (Wildman–Crippen MR) is 78.3 cm³/mol. The molecule has 0 amide bonds. The van der Waals surface area contributed by atoms with Crippen molar-refractivity contribution in [1.29, 1.82) is 0 Å². The zero-order chi connectivity index (χ0) is 15.3. The van der Waals surface area contributed by atoms with Crippen LogP contribution in [0.15, 0.2) is 47.5 Å². The third-order valence-electron chi connectivity index (χ3n) is 2.41. The Morgan fingerprint density at radius 1 is 1.14 bits per heavy atom. The summed E-state index contributed by atoms with van der Waals surface area (Å²) >= 11 is 6.99. The van der Waals surface area contributed by atoms with Gasteiger partial charge in [-0.1, -0.05) is 23.4 Å². The molecule has 6 heteroatoms. The van der Waals surface area contributed by atoms with Crippen molar-refractivity contribution in [2.24, 2.45) is 0 Å². The highest BCUT2D eigenvalue weighted by Crippen LogP contribution is 2.29. The largest absolute Gasteiger partial charge is 0.433 e. The summed E-state index contributed by atoms with van der Waals surface area (Å²) < 4.78 is 37.5. The molecule has 2 aromatic rings. The Labute approximate surface area is 129 Å². The maximum atomic E-state index is 12.5. The van der Waals surface area contributed by atoms with Crippen molar-refractivity contribution in [2.75, 3.05) is 5.75 Å². The Morgan fingerprint density at radius 2 is 1.86 bits per heavy atom. The fourth-order valence-electron chi connectivity index (χ4n) is 1.45. The first-order chi connectivity index (χ1) is 9.95. The van der Waals surface area contributed by atoms with Crippen LogP contribution in [0.5, 0.6) is 0 Å². The molecular formula is C15H9ClF3NS. The van der Waals surface area contributed by atoms with E-state index in [0.717, 1.165) is 17.8 Å². The Morgan fingerprint density at radius 3 is 2.52 bits per heavy atom. The third-order valence-corrected chi connectivity index (χ3v) is 3.54. The molecule has 0 N–H and O–H groups in total. The van der Waals surface area contributed by atoms with Crippen molar-refractivity contribution >= 4 is 23.4 Å². The van der Waals surface area contributed by atoms with Crippen LogP contribution in [0.1, 0.15) is 11.3 Å². The van der Waals surface area contributed by atoms with Gasteiger partial charge in [-0.3, -0.25) is 4.98 Å². The Bertz CT molecular complexity index is 672. The number of hydrogen-bond donors (Lipinski definition) is 0. The predicted octanol–water partition coefficient (Wildman–Crippen LogP) is 4.90. The summed E-state index contributed by atoms with van der Waals surface area (Å²) in [5, 5.41) is 0.631. The minimum absolute atomic E-state index is 0.393. The summed E-state index contributed by atoms with van der Waals surface area (Å²) in [6.07, 6.45) is -3.27. The fraction of sp³-hybridized carbons (Fsp3) is 0.133. The first kappa shape index (κ1) is 15.7. The van der Waals surface area contributed by atoms with Gasteiger partial charge in [-0.25, -0.2) is 0 Å². The van der Waals surface area contributed by atoms with Crippen LogP contribution in [0.3, 0.4) is 0 Å². The first-order valence-corrected chi connectivity index (χ1v) is 7.22. The molecule has 1 aromatic carbocycles. The lowest BCUT2D eigenvalue weighted by Crippen LogP contribution is -2.07. The second-order valence-corrected chi connectivity index (χ2v) is 5.46. The molecule has 21 heavy (non-hydrogen) atoms. The molecular weight excluding hydrogens is 319 g/mol. The summed E-state index contributed by atoms with van der Waals surface area (Å²) in [5.41, 5.74) is -0.0798. The molecule has 0 aliphatic rings. The molecule has 0 unspecified atom stereocenters.